The number of benzene rings is 1. The SMILES string of the molecule is Cc1cc(F)ccc1S(=O)(=O)N1CCN(C(=O)C(C)(C)C)CC1. The van der Waals surface area contributed by atoms with Crippen LogP contribution in [0.2, 0.25) is 0 Å². The Hall–Kier alpha value is -1.47. The van der Waals surface area contributed by atoms with Crippen LogP contribution in [-0.2, 0) is 14.8 Å². The fourth-order valence-corrected chi connectivity index (χ4v) is 4.28. The smallest absolute Gasteiger partial charge is 0.243 e. The lowest BCUT2D eigenvalue weighted by atomic mass is 9.94. The number of aryl methyl sites for hydroxylation is 1. The Kier molecular flexibility index (Phi) is 4.82. The number of halogens is 1. The maximum Gasteiger partial charge on any atom is 0.243 e. The maximum absolute atomic E-state index is 13.2. The van der Waals surface area contributed by atoms with Crippen molar-refractivity contribution in [3.8, 4) is 0 Å². The number of carbonyl (C=O) groups is 1. The van der Waals surface area contributed by atoms with Crippen LogP contribution >= 0.6 is 0 Å². The van der Waals surface area contributed by atoms with Crippen LogP contribution in [0.1, 0.15) is 26.3 Å². The molecule has 23 heavy (non-hydrogen) atoms. The summed E-state index contributed by atoms with van der Waals surface area (Å²) < 4.78 is 39.9. The molecule has 0 unspecified atom stereocenters. The standard InChI is InChI=1S/C16H23FN2O3S/c1-12-11-13(17)5-6-14(12)23(21,22)19-9-7-18(8-10-19)15(20)16(2,3)4/h5-6,11H,7-10H2,1-4H3. The number of sulfonamides is 1. The van der Waals surface area contributed by atoms with Gasteiger partial charge in [0.2, 0.25) is 15.9 Å². The summed E-state index contributed by atoms with van der Waals surface area (Å²) in [6.07, 6.45) is 0. The zero-order valence-corrected chi connectivity index (χ0v) is 14.8. The summed E-state index contributed by atoms with van der Waals surface area (Å²) in [6.45, 7) is 8.36. The molecule has 1 aromatic rings. The molecule has 1 saturated heterocycles. The van der Waals surface area contributed by atoms with Crippen LogP contribution in [0.4, 0.5) is 4.39 Å². The second-order valence-corrected chi connectivity index (χ2v) is 8.76. The monoisotopic (exact) mass is 342 g/mol. The molecular weight excluding hydrogens is 319 g/mol. The Labute approximate surface area is 137 Å². The van der Waals surface area contributed by atoms with Gasteiger partial charge in [-0.1, -0.05) is 20.8 Å². The van der Waals surface area contributed by atoms with Crippen molar-refractivity contribution in [3.63, 3.8) is 0 Å². The highest BCUT2D eigenvalue weighted by Crippen LogP contribution is 2.24. The Balaban J connectivity index is 2.14. The first-order chi connectivity index (χ1) is 10.5. The van der Waals surface area contributed by atoms with E-state index in [1.807, 2.05) is 20.8 Å². The van der Waals surface area contributed by atoms with Crippen LogP contribution in [0, 0.1) is 18.2 Å². The van der Waals surface area contributed by atoms with E-state index in [1.54, 1.807) is 11.8 Å². The molecule has 5 nitrogen and oxygen atoms in total. The lowest BCUT2D eigenvalue weighted by Crippen LogP contribution is -2.53. The van der Waals surface area contributed by atoms with Crippen molar-refractivity contribution in [3.05, 3.63) is 29.6 Å². The zero-order valence-electron chi connectivity index (χ0n) is 14.0. The van der Waals surface area contributed by atoms with E-state index in [0.717, 1.165) is 6.07 Å². The summed E-state index contributed by atoms with van der Waals surface area (Å²) in [7, 11) is -3.67. The molecule has 1 aliphatic rings. The molecule has 0 atom stereocenters. The van der Waals surface area contributed by atoms with Gasteiger partial charge in [0.15, 0.2) is 0 Å². The molecular formula is C16H23FN2O3S. The van der Waals surface area contributed by atoms with Gasteiger partial charge in [-0.15, -0.1) is 0 Å². The predicted octanol–water partition coefficient (Wildman–Crippen LogP) is 2.01. The van der Waals surface area contributed by atoms with Crippen molar-refractivity contribution in [1.82, 2.24) is 9.21 Å². The van der Waals surface area contributed by atoms with Crippen LogP contribution in [0.15, 0.2) is 23.1 Å². The lowest BCUT2D eigenvalue weighted by Gasteiger charge is -2.37. The number of piperazine rings is 1. The molecule has 0 spiro atoms. The number of carbonyl (C=O) groups excluding carboxylic acids is 1. The molecule has 1 aliphatic heterocycles. The van der Waals surface area contributed by atoms with Gasteiger partial charge in [-0.3, -0.25) is 4.79 Å². The minimum Gasteiger partial charge on any atom is -0.340 e. The molecule has 1 fully saturated rings. The van der Waals surface area contributed by atoms with E-state index in [0.29, 0.717) is 18.7 Å². The molecule has 0 radical (unpaired) electrons. The fraction of sp³-hybridized carbons (Fsp3) is 0.562. The Morgan fingerprint density at radius 2 is 1.70 bits per heavy atom. The minimum absolute atomic E-state index is 0.0208. The van der Waals surface area contributed by atoms with Gasteiger partial charge in [0, 0.05) is 31.6 Å². The van der Waals surface area contributed by atoms with Gasteiger partial charge in [0.1, 0.15) is 5.82 Å². The number of amides is 1. The van der Waals surface area contributed by atoms with Gasteiger partial charge in [-0.2, -0.15) is 4.31 Å². The second-order valence-electron chi connectivity index (χ2n) is 6.86. The molecule has 0 aromatic heterocycles. The molecule has 0 bridgehead atoms. The van der Waals surface area contributed by atoms with Gasteiger partial charge >= 0.3 is 0 Å². The van der Waals surface area contributed by atoms with Crippen molar-refractivity contribution in [2.45, 2.75) is 32.6 Å². The topological polar surface area (TPSA) is 57.7 Å². The summed E-state index contributed by atoms with van der Waals surface area (Å²) in [6, 6.07) is 3.66. The highest BCUT2D eigenvalue weighted by Gasteiger charge is 2.34. The molecule has 1 amide bonds. The summed E-state index contributed by atoms with van der Waals surface area (Å²) in [5.41, 5.74) is -0.0904. The molecule has 2 rings (SSSR count). The van der Waals surface area contributed by atoms with Gasteiger partial charge in [-0.05, 0) is 30.7 Å². The van der Waals surface area contributed by atoms with Crippen LogP contribution in [0.5, 0.6) is 0 Å². The molecule has 128 valence electrons. The predicted molar refractivity (Wildman–Crippen MR) is 85.9 cm³/mol. The van der Waals surface area contributed by atoms with E-state index in [2.05, 4.69) is 0 Å². The van der Waals surface area contributed by atoms with Crippen molar-refractivity contribution < 1.29 is 17.6 Å². The largest absolute Gasteiger partial charge is 0.340 e. The van der Waals surface area contributed by atoms with Crippen molar-refractivity contribution in [1.29, 1.82) is 0 Å². The van der Waals surface area contributed by atoms with E-state index < -0.39 is 21.3 Å². The van der Waals surface area contributed by atoms with Crippen LogP contribution < -0.4 is 0 Å². The third-order valence-corrected chi connectivity index (χ3v) is 5.98. The fourth-order valence-electron chi connectivity index (χ4n) is 2.65. The molecule has 7 heteroatoms. The Morgan fingerprint density at radius 3 is 2.17 bits per heavy atom. The molecule has 0 aliphatic carbocycles. The first-order valence-electron chi connectivity index (χ1n) is 7.59. The maximum atomic E-state index is 13.2. The quantitative estimate of drug-likeness (QED) is 0.826. The second kappa shape index (κ2) is 6.20. The van der Waals surface area contributed by atoms with E-state index in [9.17, 15) is 17.6 Å². The number of hydrogen-bond donors (Lipinski definition) is 0. The Bertz CT molecular complexity index is 703. The average molecular weight is 342 g/mol. The third kappa shape index (κ3) is 3.72. The Morgan fingerprint density at radius 1 is 1.13 bits per heavy atom. The molecule has 1 heterocycles. The molecule has 0 N–H and O–H groups in total. The lowest BCUT2D eigenvalue weighted by molar-refractivity contribution is -0.140. The van der Waals surface area contributed by atoms with E-state index in [1.165, 1.54) is 16.4 Å². The summed E-state index contributed by atoms with van der Waals surface area (Å²) in [5.74, 6) is -0.436. The summed E-state index contributed by atoms with van der Waals surface area (Å²) >= 11 is 0. The molecule has 1 aromatic carbocycles. The number of hydrogen-bond acceptors (Lipinski definition) is 3. The zero-order chi connectivity index (χ0) is 17.4. The van der Waals surface area contributed by atoms with Gasteiger partial charge in [0.05, 0.1) is 4.90 Å². The number of rotatable bonds is 2. The van der Waals surface area contributed by atoms with Gasteiger partial charge in [0.25, 0.3) is 0 Å². The minimum atomic E-state index is -3.67. The van der Waals surface area contributed by atoms with E-state index >= 15 is 0 Å². The first-order valence-corrected chi connectivity index (χ1v) is 9.03. The van der Waals surface area contributed by atoms with Crippen molar-refractivity contribution >= 4 is 15.9 Å². The van der Waals surface area contributed by atoms with Gasteiger partial charge in [-0.25, -0.2) is 12.8 Å². The third-order valence-electron chi connectivity index (χ3n) is 3.92. The molecule has 0 saturated carbocycles. The van der Waals surface area contributed by atoms with Crippen molar-refractivity contribution in [2.24, 2.45) is 5.41 Å². The summed E-state index contributed by atoms with van der Waals surface area (Å²) in [4.78, 5) is 14.1. The normalized spacial score (nSPS) is 17.3. The van der Waals surface area contributed by atoms with E-state index in [4.69, 9.17) is 0 Å². The van der Waals surface area contributed by atoms with Crippen LogP contribution in [0.3, 0.4) is 0 Å². The highest BCUT2D eigenvalue weighted by atomic mass is 32.2. The van der Waals surface area contributed by atoms with Crippen LogP contribution in [-0.4, -0.2) is 49.7 Å². The van der Waals surface area contributed by atoms with Gasteiger partial charge < -0.3 is 4.90 Å². The van der Waals surface area contributed by atoms with Crippen LogP contribution in [0.25, 0.3) is 0 Å². The summed E-state index contributed by atoms with van der Waals surface area (Å²) in [5, 5.41) is 0. The van der Waals surface area contributed by atoms with E-state index in [-0.39, 0.29) is 23.9 Å². The average Bonchev–Trinajstić information content (AvgIpc) is 2.45. The van der Waals surface area contributed by atoms with Crippen molar-refractivity contribution in [2.75, 3.05) is 26.2 Å². The highest BCUT2D eigenvalue weighted by molar-refractivity contribution is 7.89. The number of nitrogens with zero attached hydrogens (tertiary/aromatic N) is 2. The first kappa shape index (κ1) is 17.9.